The first-order valence-electron chi connectivity index (χ1n) is 15.2. The van der Waals surface area contributed by atoms with Gasteiger partial charge in [0.1, 0.15) is 5.75 Å². The van der Waals surface area contributed by atoms with Crippen LogP contribution in [0.3, 0.4) is 0 Å². The van der Waals surface area contributed by atoms with E-state index in [1.807, 2.05) is 56.3 Å². The first-order chi connectivity index (χ1) is 21.1. The molecule has 44 heavy (non-hydrogen) atoms. The molecule has 0 spiro atoms. The largest absolute Gasteiger partial charge is 0.507 e. The van der Waals surface area contributed by atoms with E-state index < -0.39 is 35.0 Å². The summed E-state index contributed by atoms with van der Waals surface area (Å²) in [5.74, 6) is -3.80. The van der Waals surface area contributed by atoms with Crippen LogP contribution in [0.2, 0.25) is 5.02 Å². The number of amides is 4. The van der Waals surface area contributed by atoms with Crippen molar-refractivity contribution in [1.29, 1.82) is 0 Å². The Balaban J connectivity index is 1.53. The van der Waals surface area contributed by atoms with Gasteiger partial charge >= 0.3 is 0 Å². The van der Waals surface area contributed by atoms with Crippen LogP contribution in [-0.2, 0) is 24.6 Å². The molecule has 4 aliphatic rings. The van der Waals surface area contributed by atoms with Gasteiger partial charge in [-0.1, -0.05) is 71.8 Å². The Morgan fingerprint density at radius 1 is 0.886 bits per heavy atom. The first kappa shape index (κ1) is 28.5. The fraction of sp³-hybridized carbons (Fsp3) is 0.333. The molecule has 0 bridgehead atoms. The third kappa shape index (κ3) is 3.75. The molecular weight excluding hydrogens is 576 g/mol. The highest BCUT2D eigenvalue weighted by molar-refractivity contribution is 6.32. The van der Waals surface area contributed by atoms with E-state index in [0.29, 0.717) is 40.4 Å². The van der Waals surface area contributed by atoms with Crippen molar-refractivity contribution in [2.75, 3.05) is 11.4 Å². The normalized spacial score (nSPS) is 29.5. The molecule has 224 valence electrons. The molecule has 2 heterocycles. The monoisotopic (exact) mass is 608 g/mol. The van der Waals surface area contributed by atoms with E-state index in [9.17, 15) is 19.5 Å². The molecule has 7 nitrogen and oxygen atoms in total. The maximum absolute atomic E-state index is 15.2. The van der Waals surface area contributed by atoms with E-state index in [4.69, 9.17) is 11.6 Å². The predicted octanol–water partition coefficient (Wildman–Crippen LogP) is 5.84. The zero-order chi connectivity index (χ0) is 31.1. The number of anilines is 1. The Labute approximate surface area is 261 Å². The van der Waals surface area contributed by atoms with Gasteiger partial charge in [-0.3, -0.25) is 24.1 Å². The lowest BCUT2D eigenvalue weighted by Crippen LogP contribution is -2.53. The van der Waals surface area contributed by atoms with Crippen LogP contribution >= 0.6 is 11.6 Å². The van der Waals surface area contributed by atoms with Gasteiger partial charge in [0.05, 0.1) is 28.9 Å². The third-order valence-electron chi connectivity index (χ3n) is 10.4. The topological polar surface area (TPSA) is 95.0 Å². The highest BCUT2D eigenvalue weighted by Crippen LogP contribution is 2.64. The summed E-state index contributed by atoms with van der Waals surface area (Å²) < 4.78 is 0. The summed E-state index contributed by atoms with van der Waals surface area (Å²) in [4.78, 5) is 59.6. The Bertz CT molecular complexity index is 1760. The molecule has 0 aromatic heterocycles. The number of aromatic hydroxyl groups is 1. The van der Waals surface area contributed by atoms with Crippen molar-refractivity contribution in [2.45, 2.75) is 44.9 Å². The molecule has 0 radical (unpaired) electrons. The van der Waals surface area contributed by atoms with Crippen LogP contribution in [0.1, 0.15) is 47.9 Å². The summed E-state index contributed by atoms with van der Waals surface area (Å²) in [6.45, 7) is 5.74. The molecule has 4 amide bonds. The van der Waals surface area contributed by atoms with Gasteiger partial charge in [0.15, 0.2) is 0 Å². The molecule has 3 aromatic carbocycles. The van der Waals surface area contributed by atoms with E-state index >= 15 is 4.79 Å². The van der Waals surface area contributed by atoms with E-state index in [1.54, 1.807) is 31.2 Å². The van der Waals surface area contributed by atoms with Crippen LogP contribution in [0.4, 0.5) is 5.69 Å². The van der Waals surface area contributed by atoms with Gasteiger partial charge in [-0.2, -0.15) is 0 Å². The molecular formula is C36H33ClN2O5. The smallest absolute Gasteiger partial charge is 0.246 e. The van der Waals surface area contributed by atoms with Gasteiger partial charge in [0.2, 0.25) is 23.6 Å². The van der Waals surface area contributed by atoms with Gasteiger partial charge < -0.3 is 5.11 Å². The molecule has 2 aliphatic carbocycles. The maximum Gasteiger partial charge on any atom is 0.246 e. The lowest BCUT2D eigenvalue weighted by Gasteiger charge is -2.51. The van der Waals surface area contributed by atoms with Crippen molar-refractivity contribution in [2.24, 2.45) is 23.7 Å². The zero-order valence-corrected chi connectivity index (χ0v) is 25.5. The number of phenolic OH excluding ortho intramolecular Hbond substituents is 1. The van der Waals surface area contributed by atoms with E-state index in [-0.39, 0.29) is 35.8 Å². The minimum Gasteiger partial charge on any atom is -0.507 e. The molecule has 3 fully saturated rings. The summed E-state index contributed by atoms with van der Waals surface area (Å²) in [5, 5.41) is 11.1. The molecule has 6 atom stereocenters. The average molecular weight is 609 g/mol. The minimum atomic E-state index is -1.33. The number of likely N-dealkylation sites (tertiary alicyclic amines) is 1. The van der Waals surface area contributed by atoms with Crippen molar-refractivity contribution in [3.8, 4) is 5.75 Å². The highest BCUT2D eigenvalue weighted by Gasteiger charge is 2.70. The number of hydrogen-bond acceptors (Lipinski definition) is 5. The molecule has 2 aliphatic heterocycles. The van der Waals surface area contributed by atoms with Crippen LogP contribution in [0.25, 0.3) is 0 Å². The van der Waals surface area contributed by atoms with Gasteiger partial charge in [-0.05, 0) is 80.0 Å². The van der Waals surface area contributed by atoms with Crippen molar-refractivity contribution >= 4 is 40.9 Å². The van der Waals surface area contributed by atoms with Crippen molar-refractivity contribution in [1.82, 2.24) is 4.90 Å². The number of carbonyl (C=O) groups excluding carboxylic acids is 4. The van der Waals surface area contributed by atoms with E-state index in [0.717, 1.165) is 11.1 Å². The number of imide groups is 2. The lowest BCUT2D eigenvalue weighted by molar-refractivity contribution is -0.140. The number of phenols is 1. The van der Waals surface area contributed by atoms with Crippen LogP contribution in [0.5, 0.6) is 5.75 Å². The second kappa shape index (κ2) is 10.2. The number of nitrogens with zero attached hydrogens (tertiary/aromatic N) is 2. The van der Waals surface area contributed by atoms with Crippen molar-refractivity contribution in [3.63, 3.8) is 0 Å². The van der Waals surface area contributed by atoms with Crippen LogP contribution in [0, 0.1) is 37.5 Å². The molecule has 1 N–H and O–H groups in total. The molecule has 1 saturated carbocycles. The standard InChI is InChI=1S/C36H33ClN2O5/c1-4-38-32(41)26-14-13-25-27(29(26)34(38)43)18-28-33(42)39(24-12-8-11-23(37)17-24)35(44)36(28,22-9-6-5-7-10-22)30(25)21-15-19(2)31(40)20(3)16-21/h5-13,15-17,26-30,40H,4,14,18H2,1-3H3/t26-,27+,28-,29-,30-,36+/m0/s1. The minimum absolute atomic E-state index is 0.167. The Kier molecular flexibility index (Phi) is 6.59. The van der Waals surface area contributed by atoms with Gasteiger partial charge in [-0.15, -0.1) is 0 Å². The molecule has 7 rings (SSSR count). The number of allylic oxidation sites excluding steroid dienone is 2. The summed E-state index contributed by atoms with van der Waals surface area (Å²) in [6, 6.07) is 20.0. The van der Waals surface area contributed by atoms with Gasteiger partial charge in [0.25, 0.3) is 0 Å². The fourth-order valence-electron chi connectivity index (χ4n) is 8.65. The second-order valence-corrected chi connectivity index (χ2v) is 13.0. The number of fused-ring (bicyclic) bond motifs is 4. The van der Waals surface area contributed by atoms with Crippen LogP contribution < -0.4 is 4.90 Å². The molecule has 3 aromatic rings. The summed E-state index contributed by atoms with van der Waals surface area (Å²) in [6.07, 6.45) is 2.70. The number of carbonyl (C=O) groups is 4. The van der Waals surface area contributed by atoms with Crippen LogP contribution in [-0.4, -0.2) is 40.2 Å². The van der Waals surface area contributed by atoms with Crippen molar-refractivity contribution in [3.05, 3.63) is 106 Å². The first-order valence-corrected chi connectivity index (χ1v) is 15.5. The number of aryl methyl sites for hydroxylation is 2. The summed E-state index contributed by atoms with van der Waals surface area (Å²) in [5.41, 5.74) is 2.79. The number of hydrogen-bond donors (Lipinski definition) is 1. The quantitative estimate of drug-likeness (QED) is 0.296. The predicted molar refractivity (Wildman–Crippen MR) is 166 cm³/mol. The zero-order valence-electron chi connectivity index (χ0n) is 24.8. The summed E-state index contributed by atoms with van der Waals surface area (Å²) >= 11 is 6.36. The molecule has 8 heteroatoms. The third-order valence-corrected chi connectivity index (χ3v) is 10.7. The fourth-order valence-corrected chi connectivity index (χ4v) is 8.84. The van der Waals surface area contributed by atoms with Gasteiger partial charge in [0, 0.05) is 17.5 Å². The number of rotatable bonds is 4. The lowest BCUT2D eigenvalue weighted by atomic mass is 9.49. The Morgan fingerprint density at radius 3 is 2.25 bits per heavy atom. The van der Waals surface area contributed by atoms with E-state index in [1.165, 1.54) is 9.80 Å². The highest BCUT2D eigenvalue weighted by atomic mass is 35.5. The molecule has 0 unspecified atom stereocenters. The Hall–Kier alpha value is -4.23. The second-order valence-electron chi connectivity index (χ2n) is 12.5. The number of benzene rings is 3. The maximum atomic E-state index is 15.2. The van der Waals surface area contributed by atoms with E-state index in [2.05, 4.69) is 6.08 Å². The summed E-state index contributed by atoms with van der Waals surface area (Å²) in [7, 11) is 0. The van der Waals surface area contributed by atoms with Crippen molar-refractivity contribution < 1.29 is 24.3 Å². The number of halogens is 1. The average Bonchev–Trinajstić information content (AvgIpc) is 3.40. The molecule has 2 saturated heterocycles. The van der Waals surface area contributed by atoms with Gasteiger partial charge in [-0.25, -0.2) is 4.90 Å². The van der Waals surface area contributed by atoms with Crippen LogP contribution in [0.15, 0.2) is 78.4 Å². The Morgan fingerprint density at radius 2 is 1.59 bits per heavy atom. The SMILES string of the molecule is CCN1C(=O)[C@H]2[C@H](CC=C3[C@H]2C[C@H]2C(=O)N(c4cccc(Cl)c4)C(=O)[C@@]2(c2ccccc2)[C@H]3c2cc(C)c(O)c(C)c2)C1=O.